The summed E-state index contributed by atoms with van der Waals surface area (Å²) in [5, 5.41) is 4.43. The van der Waals surface area contributed by atoms with Gasteiger partial charge >= 0.3 is 0 Å². The third kappa shape index (κ3) is 4.59. The van der Waals surface area contributed by atoms with Gasteiger partial charge in [0, 0.05) is 40.0 Å². The molecule has 0 atom stereocenters. The van der Waals surface area contributed by atoms with Crippen molar-refractivity contribution in [2.45, 2.75) is 13.2 Å². The normalized spacial score (nSPS) is 10.4. The summed E-state index contributed by atoms with van der Waals surface area (Å²) in [5.74, 6) is 2.21. The topological polar surface area (TPSA) is 43.4 Å². The number of pyridine rings is 1. The molecule has 26 heavy (non-hydrogen) atoms. The van der Waals surface area contributed by atoms with Crippen molar-refractivity contribution in [3.8, 4) is 11.5 Å². The largest absolute Gasteiger partial charge is 0.497 e. The molecule has 0 amide bonds. The zero-order valence-electron chi connectivity index (χ0n) is 14.2. The van der Waals surface area contributed by atoms with Crippen LogP contribution in [-0.4, -0.2) is 12.1 Å². The summed E-state index contributed by atoms with van der Waals surface area (Å²) in [7, 11) is 1.62. The van der Waals surface area contributed by atoms with E-state index in [-0.39, 0.29) is 6.61 Å². The Morgan fingerprint density at radius 1 is 1.00 bits per heavy atom. The van der Waals surface area contributed by atoms with E-state index in [2.05, 4.69) is 10.3 Å². The molecule has 0 fully saturated rings. The number of hydrogen-bond acceptors (Lipinski definition) is 4. The first kappa shape index (κ1) is 18.4. The van der Waals surface area contributed by atoms with Gasteiger partial charge in [-0.2, -0.15) is 0 Å². The van der Waals surface area contributed by atoms with Gasteiger partial charge in [0.2, 0.25) is 0 Å². The summed E-state index contributed by atoms with van der Waals surface area (Å²) >= 11 is 12.5. The Morgan fingerprint density at radius 3 is 2.50 bits per heavy atom. The van der Waals surface area contributed by atoms with Crippen LogP contribution in [0.4, 0.5) is 5.82 Å². The van der Waals surface area contributed by atoms with Crippen LogP contribution in [0.1, 0.15) is 11.1 Å². The zero-order valence-corrected chi connectivity index (χ0v) is 15.7. The Kier molecular flexibility index (Phi) is 6.21. The van der Waals surface area contributed by atoms with Gasteiger partial charge in [0.05, 0.1) is 7.11 Å². The van der Waals surface area contributed by atoms with Crippen LogP contribution in [0.3, 0.4) is 0 Å². The number of nitrogens with one attached hydrogen (secondary N) is 1. The standard InChI is InChI=1S/C20H18Cl2N2O2/c1-25-15-9-8-14(12-24-20-7-2-3-10-23-20)19(11-15)26-13-16-17(21)5-4-6-18(16)22/h2-11H,12-13H2,1H3,(H,23,24). The summed E-state index contributed by atoms with van der Waals surface area (Å²) in [4.78, 5) is 4.26. The summed E-state index contributed by atoms with van der Waals surface area (Å²) < 4.78 is 11.3. The Labute approximate surface area is 162 Å². The van der Waals surface area contributed by atoms with Gasteiger partial charge in [-0.15, -0.1) is 0 Å². The second-order valence-electron chi connectivity index (χ2n) is 5.53. The monoisotopic (exact) mass is 388 g/mol. The maximum Gasteiger partial charge on any atom is 0.128 e. The SMILES string of the molecule is COc1ccc(CNc2ccccn2)c(OCc2c(Cl)cccc2Cl)c1. The van der Waals surface area contributed by atoms with Crippen molar-refractivity contribution in [1.29, 1.82) is 0 Å². The average molecular weight is 389 g/mol. The van der Waals surface area contributed by atoms with E-state index >= 15 is 0 Å². The molecule has 0 unspecified atom stereocenters. The molecule has 4 nitrogen and oxygen atoms in total. The van der Waals surface area contributed by atoms with Crippen molar-refractivity contribution in [1.82, 2.24) is 4.98 Å². The van der Waals surface area contributed by atoms with Crippen LogP contribution in [0.5, 0.6) is 11.5 Å². The van der Waals surface area contributed by atoms with Gasteiger partial charge in [-0.05, 0) is 36.4 Å². The molecule has 0 saturated carbocycles. The maximum absolute atomic E-state index is 6.23. The molecular weight excluding hydrogens is 371 g/mol. The molecule has 0 saturated heterocycles. The molecule has 0 spiro atoms. The summed E-state index contributed by atoms with van der Waals surface area (Å²) in [6.45, 7) is 0.828. The van der Waals surface area contributed by atoms with E-state index < -0.39 is 0 Å². The van der Waals surface area contributed by atoms with Crippen LogP contribution in [0.25, 0.3) is 0 Å². The fraction of sp³-hybridized carbons (Fsp3) is 0.150. The molecule has 6 heteroatoms. The smallest absolute Gasteiger partial charge is 0.128 e. The minimum Gasteiger partial charge on any atom is -0.497 e. The van der Waals surface area contributed by atoms with Crippen molar-refractivity contribution < 1.29 is 9.47 Å². The van der Waals surface area contributed by atoms with E-state index in [1.54, 1.807) is 25.4 Å². The third-order valence-electron chi connectivity index (χ3n) is 3.83. The molecule has 3 aromatic rings. The molecule has 0 aliphatic rings. The van der Waals surface area contributed by atoms with Gasteiger partial charge < -0.3 is 14.8 Å². The number of benzene rings is 2. The highest BCUT2D eigenvalue weighted by Gasteiger charge is 2.10. The van der Waals surface area contributed by atoms with Crippen LogP contribution < -0.4 is 14.8 Å². The highest BCUT2D eigenvalue weighted by molar-refractivity contribution is 6.35. The van der Waals surface area contributed by atoms with Crippen LogP contribution in [0.15, 0.2) is 60.8 Å². The van der Waals surface area contributed by atoms with Crippen molar-refractivity contribution in [3.63, 3.8) is 0 Å². The lowest BCUT2D eigenvalue weighted by atomic mass is 10.2. The number of nitrogens with zero attached hydrogens (tertiary/aromatic N) is 1. The third-order valence-corrected chi connectivity index (χ3v) is 4.54. The first-order chi connectivity index (χ1) is 12.7. The van der Waals surface area contributed by atoms with Crippen molar-refractivity contribution in [3.05, 3.63) is 82.0 Å². The summed E-state index contributed by atoms with van der Waals surface area (Å²) in [6.07, 6.45) is 1.74. The van der Waals surface area contributed by atoms with E-state index in [0.29, 0.717) is 28.1 Å². The number of methoxy groups -OCH3 is 1. The van der Waals surface area contributed by atoms with E-state index in [9.17, 15) is 0 Å². The second kappa shape index (κ2) is 8.79. The molecule has 1 N–H and O–H groups in total. The van der Waals surface area contributed by atoms with Crippen molar-refractivity contribution in [2.24, 2.45) is 0 Å². The Morgan fingerprint density at radius 2 is 1.81 bits per heavy atom. The van der Waals surface area contributed by atoms with Crippen LogP contribution >= 0.6 is 23.2 Å². The summed E-state index contributed by atoms with van der Waals surface area (Å²) in [5.41, 5.74) is 1.72. The van der Waals surface area contributed by atoms with Gasteiger partial charge in [0.15, 0.2) is 0 Å². The quantitative estimate of drug-likeness (QED) is 0.572. The van der Waals surface area contributed by atoms with E-state index in [0.717, 1.165) is 16.9 Å². The Bertz CT molecular complexity index is 853. The number of aromatic nitrogens is 1. The summed E-state index contributed by atoms with van der Waals surface area (Å²) in [6, 6.07) is 16.8. The van der Waals surface area contributed by atoms with Gasteiger partial charge in [-0.3, -0.25) is 0 Å². The molecule has 0 radical (unpaired) electrons. The van der Waals surface area contributed by atoms with E-state index in [4.69, 9.17) is 32.7 Å². The number of halogens is 2. The van der Waals surface area contributed by atoms with Crippen LogP contribution in [0, 0.1) is 0 Å². The predicted molar refractivity (Wildman–Crippen MR) is 105 cm³/mol. The Balaban J connectivity index is 1.78. The molecule has 1 aromatic heterocycles. The van der Waals surface area contributed by atoms with Gasteiger partial charge in [-0.25, -0.2) is 4.98 Å². The first-order valence-corrected chi connectivity index (χ1v) is 8.80. The van der Waals surface area contributed by atoms with Crippen molar-refractivity contribution in [2.75, 3.05) is 12.4 Å². The minimum absolute atomic E-state index is 0.266. The van der Waals surface area contributed by atoms with Gasteiger partial charge in [-0.1, -0.05) is 35.3 Å². The molecule has 0 aliphatic carbocycles. The second-order valence-corrected chi connectivity index (χ2v) is 6.35. The fourth-order valence-electron chi connectivity index (χ4n) is 2.42. The van der Waals surface area contributed by atoms with Gasteiger partial charge in [0.25, 0.3) is 0 Å². The lowest BCUT2D eigenvalue weighted by Gasteiger charge is -2.15. The lowest BCUT2D eigenvalue weighted by Crippen LogP contribution is -2.05. The molecule has 134 valence electrons. The van der Waals surface area contributed by atoms with E-state index in [1.165, 1.54) is 0 Å². The number of ether oxygens (including phenoxy) is 2. The fourth-order valence-corrected chi connectivity index (χ4v) is 2.92. The maximum atomic E-state index is 6.23. The number of rotatable bonds is 7. The van der Waals surface area contributed by atoms with Crippen LogP contribution in [0.2, 0.25) is 10.0 Å². The minimum atomic E-state index is 0.266. The van der Waals surface area contributed by atoms with Crippen molar-refractivity contribution >= 4 is 29.0 Å². The highest BCUT2D eigenvalue weighted by atomic mass is 35.5. The zero-order chi connectivity index (χ0) is 18.4. The molecule has 2 aromatic carbocycles. The van der Waals surface area contributed by atoms with E-state index in [1.807, 2.05) is 42.5 Å². The van der Waals surface area contributed by atoms with Crippen LogP contribution in [-0.2, 0) is 13.2 Å². The molecular formula is C20H18Cl2N2O2. The first-order valence-electron chi connectivity index (χ1n) is 8.05. The molecule has 3 rings (SSSR count). The number of anilines is 1. The Hall–Kier alpha value is -2.43. The molecule has 0 bridgehead atoms. The molecule has 0 aliphatic heterocycles. The highest BCUT2D eigenvalue weighted by Crippen LogP contribution is 2.29. The average Bonchev–Trinajstić information content (AvgIpc) is 2.67. The van der Waals surface area contributed by atoms with Gasteiger partial charge in [0.1, 0.15) is 23.9 Å². The molecule has 1 heterocycles. The predicted octanol–water partition coefficient (Wildman–Crippen LogP) is 5.59. The number of hydrogen-bond donors (Lipinski definition) is 1. The lowest BCUT2D eigenvalue weighted by molar-refractivity contribution is 0.301.